The predicted octanol–water partition coefficient (Wildman–Crippen LogP) is 2.31. The number of nitrogens with zero attached hydrogens (tertiary/aromatic N) is 2. The van der Waals surface area contributed by atoms with Gasteiger partial charge >= 0.3 is 0 Å². The zero-order valence-electron chi connectivity index (χ0n) is 8.25. The van der Waals surface area contributed by atoms with Gasteiger partial charge in [-0.3, -0.25) is 0 Å². The van der Waals surface area contributed by atoms with Gasteiger partial charge in [-0.2, -0.15) is 0 Å². The maximum Gasteiger partial charge on any atom is 0.129 e. The average molecular weight is 203 g/mol. The molecule has 4 heteroatoms. The van der Waals surface area contributed by atoms with Crippen LogP contribution in [0.3, 0.4) is 0 Å². The van der Waals surface area contributed by atoms with Crippen molar-refractivity contribution < 1.29 is 4.74 Å². The Morgan fingerprint density at radius 2 is 2.31 bits per heavy atom. The summed E-state index contributed by atoms with van der Waals surface area (Å²) in [4.78, 5) is 4.23. The second kappa shape index (κ2) is 4.63. The molecule has 0 saturated carbocycles. The van der Waals surface area contributed by atoms with Crippen LogP contribution in [-0.2, 0) is 11.2 Å². The van der Waals surface area contributed by atoms with E-state index in [4.69, 9.17) is 16.3 Å². The molecule has 0 aliphatic rings. The highest BCUT2D eigenvalue weighted by atomic mass is 35.5. The minimum Gasteiger partial charge on any atom is -0.384 e. The van der Waals surface area contributed by atoms with Gasteiger partial charge in [0, 0.05) is 19.6 Å². The lowest BCUT2D eigenvalue weighted by molar-refractivity contribution is 0.199. The lowest BCUT2D eigenvalue weighted by Gasteiger charge is -2.12. The molecule has 0 N–H and O–H groups in total. The molecule has 0 aliphatic heterocycles. The van der Waals surface area contributed by atoms with Crippen molar-refractivity contribution in [1.82, 2.24) is 9.55 Å². The number of halogens is 1. The van der Waals surface area contributed by atoms with Crippen LogP contribution in [0.2, 0.25) is 5.15 Å². The van der Waals surface area contributed by atoms with Gasteiger partial charge in [0.15, 0.2) is 0 Å². The molecule has 0 unspecified atom stereocenters. The van der Waals surface area contributed by atoms with Crippen molar-refractivity contribution in [3.63, 3.8) is 0 Å². The number of imidazole rings is 1. The Kier molecular flexibility index (Phi) is 3.75. The minimum absolute atomic E-state index is 0.349. The molecule has 0 radical (unpaired) electrons. The summed E-state index contributed by atoms with van der Waals surface area (Å²) in [6, 6.07) is 0.349. The van der Waals surface area contributed by atoms with Crippen molar-refractivity contribution in [1.29, 1.82) is 0 Å². The van der Waals surface area contributed by atoms with Crippen molar-refractivity contribution in [2.45, 2.75) is 26.3 Å². The first-order valence-electron chi connectivity index (χ1n) is 4.37. The summed E-state index contributed by atoms with van der Waals surface area (Å²) in [6.07, 6.45) is 2.49. The second-order valence-corrected chi connectivity index (χ2v) is 3.59. The molecular formula is C9H15ClN2O. The van der Waals surface area contributed by atoms with Crippen LogP contribution >= 0.6 is 11.6 Å². The van der Waals surface area contributed by atoms with Crippen LogP contribution in [0, 0.1) is 0 Å². The zero-order chi connectivity index (χ0) is 9.84. The van der Waals surface area contributed by atoms with Crippen LogP contribution in [0.1, 0.15) is 25.7 Å². The molecule has 1 aromatic heterocycles. The van der Waals surface area contributed by atoms with E-state index >= 15 is 0 Å². The SMILES string of the molecule is COCCc1ncc(Cl)n1C(C)C. The Balaban J connectivity index is 2.81. The molecule has 0 spiro atoms. The lowest BCUT2D eigenvalue weighted by Crippen LogP contribution is -2.08. The topological polar surface area (TPSA) is 27.1 Å². The molecule has 0 saturated heterocycles. The Hall–Kier alpha value is -0.540. The molecule has 1 heterocycles. The van der Waals surface area contributed by atoms with Crippen molar-refractivity contribution in [3.8, 4) is 0 Å². The first-order chi connectivity index (χ1) is 6.16. The third-order valence-corrected chi connectivity index (χ3v) is 2.15. The van der Waals surface area contributed by atoms with E-state index in [0.29, 0.717) is 17.8 Å². The Bertz CT molecular complexity index is 271. The van der Waals surface area contributed by atoms with Gasteiger partial charge in [0.1, 0.15) is 11.0 Å². The number of hydrogen-bond donors (Lipinski definition) is 0. The smallest absolute Gasteiger partial charge is 0.129 e. The van der Waals surface area contributed by atoms with Gasteiger partial charge in [-0.25, -0.2) is 4.98 Å². The molecule has 3 nitrogen and oxygen atoms in total. The standard InChI is InChI=1S/C9H15ClN2O/c1-7(2)12-8(10)6-11-9(12)4-5-13-3/h6-7H,4-5H2,1-3H3. The normalized spacial score (nSPS) is 11.2. The van der Waals surface area contributed by atoms with E-state index < -0.39 is 0 Å². The molecule has 0 fully saturated rings. The van der Waals surface area contributed by atoms with Crippen LogP contribution in [0.5, 0.6) is 0 Å². The van der Waals surface area contributed by atoms with Crippen molar-refractivity contribution in [2.75, 3.05) is 13.7 Å². The molecule has 1 rings (SSSR count). The Morgan fingerprint density at radius 1 is 1.62 bits per heavy atom. The van der Waals surface area contributed by atoms with E-state index in [1.165, 1.54) is 0 Å². The van der Waals surface area contributed by atoms with Crippen LogP contribution in [0.15, 0.2) is 6.20 Å². The van der Waals surface area contributed by atoms with Gasteiger partial charge < -0.3 is 9.30 Å². The summed E-state index contributed by atoms with van der Waals surface area (Å²) in [7, 11) is 1.68. The number of hydrogen-bond acceptors (Lipinski definition) is 2. The van der Waals surface area contributed by atoms with Gasteiger partial charge in [-0.1, -0.05) is 11.6 Å². The number of aromatic nitrogens is 2. The van der Waals surface area contributed by atoms with Crippen molar-refractivity contribution >= 4 is 11.6 Å². The fourth-order valence-corrected chi connectivity index (χ4v) is 1.64. The van der Waals surface area contributed by atoms with E-state index in [0.717, 1.165) is 12.2 Å². The highest BCUT2D eigenvalue weighted by Crippen LogP contribution is 2.18. The average Bonchev–Trinajstić information content (AvgIpc) is 2.43. The van der Waals surface area contributed by atoms with E-state index in [9.17, 15) is 0 Å². The van der Waals surface area contributed by atoms with Gasteiger partial charge in [0.05, 0.1) is 12.8 Å². The monoisotopic (exact) mass is 202 g/mol. The van der Waals surface area contributed by atoms with Gasteiger partial charge in [-0.15, -0.1) is 0 Å². The maximum atomic E-state index is 5.98. The van der Waals surface area contributed by atoms with Gasteiger partial charge in [-0.05, 0) is 13.8 Å². The van der Waals surface area contributed by atoms with Crippen LogP contribution in [0.4, 0.5) is 0 Å². The molecule has 13 heavy (non-hydrogen) atoms. The largest absolute Gasteiger partial charge is 0.384 e. The minimum atomic E-state index is 0.349. The summed E-state index contributed by atoms with van der Waals surface area (Å²) in [6.45, 7) is 4.85. The molecule has 0 amide bonds. The van der Waals surface area contributed by atoms with Crippen LogP contribution < -0.4 is 0 Å². The zero-order valence-corrected chi connectivity index (χ0v) is 9.01. The number of methoxy groups -OCH3 is 1. The summed E-state index contributed by atoms with van der Waals surface area (Å²) >= 11 is 5.98. The molecule has 0 aliphatic carbocycles. The molecule has 0 atom stereocenters. The van der Waals surface area contributed by atoms with Gasteiger partial charge in [0.25, 0.3) is 0 Å². The van der Waals surface area contributed by atoms with Crippen molar-refractivity contribution in [3.05, 3.63) is 17.2 Å². The maximum absolute atomic E-state index is 5.98. The highest BCUT2D eigenvalue weighted by Gasteiger charge is 2.10. The molecular weight excluding hydrogens is 188 g/mol. The summed E-state index contributed by atoms with van der Waals surface area (Å²) < 4.78 is 7.01. The summed E-state index contributed by atoms with van der Waals surface area (Å²) in [5.41, 5.74) is 0. The molecule has 1 aromatic rings. The van der Waals surface area contributed by atoms with E-state index in [2.05, 4.69) is 18.8 Å². The fourth-order valence-electron chi connectivity index (χ4n) is 1.30. The van der Waals surface area contributed by atoms with Gasteiger partial charge in [0.2, 0.25) is 0 Å². The fraction of sp³-hybridized carbons (Fsp3) is 0.667. The molecule has 74 valence electrons. The quantitative estimate of drug-likeness (QED) is 0.749. The van der Waals surface area contributed by atoms with Crippen LogP contribution in [-0.4, -0.2) is 23.3 Å². The van der Waals surface area contributed by atoms with Crippen LogP contribution in [0.25, 0.3) is 0 Å². The summed E-state index contributed by atoms with van der Waals surface area (Å²) in [5.74, 6) is 0.988. The lowest BCUT2D eigenvalue weighted by atomic mass is 10.3. The van der Waals surface area contributed by atoms with Crippen molar-refractivity contribution in [2.24, 2.45) is 0 Å². The Labute approximate surface area is 83.7 Å². The van der Waals surface area contributed by atoms with E-state index in [-0.39, 0.29) is 0 Å². The number of ether oxygens (including phenoxy) is 1. The first-order valence-corrected chi connectivity index (χ1v) is 4.75. The highest BCUT2D eigenvalue weighted by molar-refractivity contribution is 6.29. The second-order valence-electron chi connectivity index (χ2n) is 3.20. The first kappa shape index (κ1) is 10.5. The van der Waals surface area contributed by atoms with E-state index in [1.54, 1.807) is 13.3 Å². The predicted molar refractivity (Wildman–Crippen MR) is 53.2 cm³/mol. The molecule has 0 aromatic carbocycles. The third kappa shape index (κ3) is 2.45. The Morgan fingerprint density at radius 3 is 2.85 bits per heavy atom. The van der Waals surface area contributed by atoms with E-state index in [1.807, 2.05) is 4.57 Å². The molecule has 0 bridgehead atoms. The number of rotatable bonds is 4. The summed E-state index contributed by atoms with van der Waals surface area (Å²) in [5, 5.41) is 0.695. The third-order valence-electron chi connectivity index (χ3n) is 1.87.